The van der Waals surface area contributed by atoms with Crippen molar-refractivity contribution in [2.75, 3.05) is 26.2 Å². The first-order valence-electron chi connectivity index (χ1n) is 7.13. The topological polar surface area (TPSA) is 63.2 Å². The Kier molecular flexibility index (Phi) is 5.06. The first-order chi connectivity index (χ1) is 9.49. The zero-order valence-electron chi connectivity index (χ0n) is 12.5. The summed E-state index contributed by atoms with van der Waals surface area (Å²) >= 11 is 5.07. The van der Waals surface area contributed by atoms with E-state index in [-0.39, 0.29) is 6.04 Å². The molecule has 20 heavy (non-hydrogen) atoms. The van der Waals surface area contributed by atoms with Gasteiger partial charge in [-0.25, -0.2) is 9.67 Å². The molecule has 1 saturated heterocycles. The molecule has 112 valence electrons. The number of rotatable bonds is 5. The lowest BCUT2D eigenvalue weighted by Gasteiger charge is -2.37. The highest BCUT2D eigenvalue weighted by Crippen LogP contribution is 2.11. The van der Waals surface area contributed by atoms with E-state index in [4.69, 9.17) is 18.0 Å². The molecule has 2 heterocycles. The summed E-state index contributed by atoms with van der Waals surface area (Å²) in [6.07, 6.45) is 1.64. The van der Waals surface area contributed by atoms with Gasteiger partial charge in [-0.05, 0) is 20.8 Å². The van der Waals surface area contributed by atoms with Crippen LogP contribution in [0.2, 0.25) is 0 Å². The van der Waals surface area contributed by atoms with Crippen LogP contribution in [0.25, 0.3) is 0 Å². The van der Waals surface area contributed by atoms with E-state index in [9.17, 15) is 0 Å². The van der Waals surface area contributed by atoms with Gasteiger partial charge in [0.05, 0.1) is 17.6 Å². The van der Waals surface area contributed by atoms with Gasteiger partial charge in [-0.15, -0.1) is 0 Å². The number of piperazine rings is 1. The molecule has 7 heteroatoms. The molecular weight excluding hydrogens is 272 g/mol. The predicted molar refractivity (Wildman–Crippen MR) is 83.5 cm³/mol. The summed E-state index contributed by atoms with van der Waals surface area (Å²) in [5, 5.41) is 4.28. The van der Waals surface area contributed by atoms with E-state index in [1.807, 2.05) is 4.68 Å². The van der Waals surface area contributed by atoms with Crippen molar-refractivity contribution in [2.45, 2.75) is 39.4 Å². The molecule has 2 N–H and O–H groups in total. The van der Waals surface area contributed by atoms with Crippen LogP contribution in [0.15, 0.2) is 6.33 Å². The van der Waals surface area contributed by atoms with Crippen LogP contribution in [-0.2, 0) is 6.54 Å². The number of hydrogen-bond acceptors (Lipinski definition) is 5. The number of nitrogens with zero attached hydrogens (tertiary/aromatic N) is 5. The molecule has 1 aromatic heterocycles. The van der Waals surface area contributed by atoms with Crippen molar-refractivity contribution in [1.29, 1.82) is 0 Å². The van der Waals surface area contributed by atoms with Crippen molar-refractivity contribution in [3.8, 4) is 0 Å². The second-order valence-electron chi connectivity index (χ2n) is 5.61. The third-order valence-electron chi connectivity index (χ3n) is 3.87. The molecule has 1 aromatic rings. The summed E-state index contributed by atoms with van der Waals surface area (Å²) < 4.78 is 1.99. The molecule has 1 unspecified atom stereocenters. The van der Waals surface area contributed by atoms with Crippen molar-refractivity contribution in [1.82, 2.24) is 24.6 Å². The fourth-order valence-corrected chi connectivity index (χ4v) is 2.66. The Morgan fingerprint density at radius 1 is 1.30 bits per heavy atom. The van der Waals surface area contributed by atoms with Crippen molar-refractivity contribution in [2.24, 2.45) is 5.73 Å². The van der Waals surface area contributed by atoms with Crippen molar-refractivity contribution >= 4 is 17.2 Å². The molecular formula is C13H24N6S. The maximum Gasteiger partial charge on any atom is 0.141 e. The Hall–Kier alpha value is -1.05. The van der Waals surface area contributed by atoms with E-state index in [0.29, 0.717) is 11.0 Å². The average Bonchev–Trinajstić information content (AvgIpc) is 2.87. The van der Waals surface area contributed by atoms with Gasteiger partial charge in [0.1, 0.15) is 12.2 Å². The molecule has 0 bridgehead atoms. The number of thiocarbonyl (C=S) groups is 1. The monoisotopic (exact) mass is 296 g/mol. The number of aromatic nitrogens is 3. The molecule has 1 aliphatic heterocycles. The standard InChI is InChI=1S/C13H24N6S/c1-10(2)19-12(15-9-16-19)8-17-4-6-18(7-5-17)11(3)13(14)20/h9-11H,4-8H2,1-3H3,(H2,14,20). The highest BCUT2D eigenvalue weighted by atomic mass is 32.1. The highest BCUT2D eigenvalue weighted by molar-refractivity contribution is 7.80. The Labute approximate surface area is 125 Å². The smallest absolute Gasteiger partial charge is 0.141 e. The van der Waals surface area contributed by atoms with Gasteiger partial charge in [0, 0.05) is 32.2 Å². The molecule has 2 rings (SSSR count). The van der Waals surface area contributed by atoms with Crippen molar-refractivity contribution in [3.63, 3.8) is 0 Å². The van der Waals surface area contributed by atoms with E-state index in [0.717, 1.165) is 38.5 Å². The molecule has 0 saturated carbocycles. The number of nitrogens with two attached hydrogens (primary N) is 1. The van der Waals surface area contributed by atoms with Crippen LogP contribution in [0.5, 0.6) is 0 Å². The fourth-order valence-electron chi connectivity index (χ4n) is 2.51. The van der Waals surface area contributed by atoms with Crippen LogP contribution < -0.4 is 5.73 Å². The van der Waals surface area contributed by atoms with Gasteiger partial charge >= 0.3 is 0 Å². The van der Waals surface area contributed by atoms with E-state index in [2.05, 4.69) is 40.7 Å². The van der Waals surface area contributed by atoms with E-state index >= 15 is 0 Å². The summed E-state index contributed by atoms with van der Waals surface area (Å²) in [6.45, 7) is 11.2. The van der Waals surface area contributed by atoms with Gasteiger partial charge in [0.25, 0.3) is 0 Å². The average molecular weight is 296 g/mol. The molecule has 1 fully saturated rings. The maximum absolute atomic E-state index is 5.72. The summed E-state index contributed by atoms with van der Waals surface area (Å²) in [6, 6.07) is 0.537. The molecule has 0 spiro atoms. The summed E-state index contributed by atoms with van der Waals surface area (Å²) in [5.41, 5.74) is 5.72. The number of hydrogen-bond donors (Lipinski definition) is 1. The minimum Gasteiger partial charge on any atom is -0.392 e. The first-order valence-corrected chi connectivity index (χ1v) is 7.54. The second kappa shape index (κ2) is 6.60. The lowest BCUT2D eigenvalue weighted by atomic mass is 10.2. The van der Waals surface area contributed by atoms with Gasteiger partial charge in [-0.2, -0.15) is 5.10 Å². The van der Waals surface area contributed by atoms with E-state index in [1.165, 1.54) is 0 Å². The lowest BCUT2D eigenvalue weighted by molar-refractivity contribution is 0.114. The Morgan fingerprint density at radius 2 is 1.95 bits per heavy atom. The van der Waals surface area contributed by atoms with Gasteiger partial charge < -0.3 is 5.73 Å². The molecule has 0 aromatic carbocycles. The third-order valence-corrected chi connectivity index (χ3v) is 4.21. The van der Waals surface area contributed by atoms with Gasteiger partial charge in [-0.3, -0.25) is 9.80 Å². The normalized spacial score (nSPS) is 19.4. The van der Waals surface area contributed by atoms with E-state index in [1.54, 1.807) is 6.33 Å². The fraction of sp³-hybridized carbons (Fsp3) is 0.769. The lowest BCUT2D eigenvalue weighted by Crippen LogP contribution is -2.52. The third kappa shape index (κ3) is 3.53. The molecule has 1 atom stereocenters. The minimum atomic E-state index is 0.187. The molecule has 0 radical (unpaired) electrons. The largest absolute Gasteiger partial charge is 0.392 e. The Bertz CT molecular complexity index is 449. The van der Waals surface area contributed by atoms with E-state index < -0.39 is 0 Å². The van der Waals surface area contributed by atoms with Gasteiger partial charge in [-0.1, -0.05) is 12.2 Å². The Morgan fingerprint density at radius 3 is 2.50 bits per heavy atom. The quantitative estimate of drug-likeness (QED) is 0.805. The van der Waals surface area contributed by atoms with Crippen LogP contribution >= 0.6 is 12.2 Å². The zero-order valence-corrected chi connectivity index (χ0v) is 13.3. The second-order valence-corrected chi connectivity index (χ2v) is 6.08. The van der Waals surface area contributed by atoms with Gasteiger partial charge in [0.2, 0.25) is 0 Å². The van der Waals surface area contributed by atoms with Gasteiger partial charge in [0.15, 0.2) is 0 Å². The maximum atomic E-state index is 5.72. The molecule has 0 aliphatic carbocycles. The summed E-state index contributed by atoms with van der Waals surface area (Å²) in [5.74, 6) is 1.04. The predicted octanol–water partition coefficient (Wildman–Crippen LogP) is 0.651. The molecule has 1 aliphatic rings. The van der Waals surface area contributed by atoms with Crippen LogP contribution in [-0.4, -0.2) is 61.8 Å². The first kappa shape index (κ1) is 15.3. The molecule has 0 amide bonds. The van der Waals surface area contributed by atoms with Crippen molar-refractivity contribution < 1.29 is 0 Å². The van der Waals surface area contributed by atoms with Crippen LogP contribution in [0.1, 0.15) is 32.6 Å². The Balaban J connectivity index is 1.88. The van der Waals surface area contributed by atoms with Crippen LogP contribution in [0, 0.1) is 0 Å². The molecule has 6 nitrogen and oxygen atoms in total. The summed E-state index contributed by atoms with van der Waals surface area (Å²) in [7, 11) is 0. The zero-order chi connectivity index (χ0) is 14.7. The van der Waals surface area contributed by atoms with Crippen LogP contribution in [0.4, 0.5) is 0 Å². The van der Waals surface area contributed by atoms with Crippen molar-refractivity contribution in [3.05, 3.63) is 12.2 Å². The SMILES string of the molecule is CC(C(N)=S)N1CCN(Cc2ncnn2C(C)C)CC1. The van der Waals surface area contributed by atoms with Crippen LogP contribution in [0.3, 0.4) is 0 Å². The summed E-state index contributed by atoms with van der Waals surface area (Å²) in [4.78, 5) is 9.70. The highest BCUT2D eigenvalue weighted by Gasteiger charge is 2.23. The minimum absolute atomic E-state index is 0.187.